The molecule has 0 N–H and O–H groups in total. The van der Waals surface area contributed by atoms with Gasteiger partial charge < -0.3 is 18.6 Å². The molecule has 6 nitrogen and oxygen atoms in total. The van der Waals surface area contributed by atoms with Crippen LogP contribution in [0.15, 0.2) is 80.4 Å². The molecule has 0 aliphatic rings. The van der Waals surface area contributed by atoms with Crippen molar-refractivity contribution in [1.82, 2.24) is 0 Å². The third-order valence-electron chi connectivity index (χ3n) is 4.63. The number of ether oxygens (including phenoxy) is 3. The van der Waals surface area contributed by atoms with Gasteiger partial charge in [-0.15, -0.1) is 0 Å². The SMILES string of the molecule is COc1ccc(Oc2c(C(F)(F)F)oc3cc(OC(=O)c4cccc(Br)c4)ccc3c2=O)cc1. The van der Waals surface area contributed by atoms with Crippen molar-refractivity contribution < 1.29 is 36.6 Å². The molecule has 0 unspecified atom stereocenters. The van der Waals surface area contributed by atoms with Crippen LogP contribution >= 0.6 is 15.9 Å². The molecule has 1 heterocycles. The Hall–Kier alpha value is -3.79. The Morgan fingerprint density at radius 2 is 1.62 bits per heavy atom. The number of rotatable bonds is 5. The number of methoxy groups -OCH3 is 1. The third kappa shape index (κ3) is 4.91. The summed E-state index contributed by atoms with van der Waals surface area (Å²) in [5, 5.41) is -0.182. The second-order valence-corrected chi connectivity index (χ2v) is 7.84. The summed E-state index contributed by atoms with van der Waals surface area (Å²) in [6.07, 6.45) is -5.03. The van der Waals surface area contributed by atoms with Gasteiger partial charge >= 0.3 is 12.1 Å². The number of hydrogen-bond donors (Lipinski definition) is 0. The largest absolute Gasteiger partial charge is 0.497 e. The standard InChI is InChI=1S/C24H14BrF3O6/c1-31-15-5-7-16(8-6-15)32-21-20(29)18-10-9-17(12-19(18)34-22(21)24(26,27)28)33-23(30)13-3-2-4-14(25)11-13/h2-12H,1H3. The van der Waals surface area contributed by atoms with Gasteiger partial charge in [-0.25, -0.2) is 4.79 Å². The van der Waals surface area contributed by atoms with Gasteiger partial charge in [-0.05, 0) is 54.6 Å². The molecule has 0 atom stereocenters. The highest BCUT2D eigenvalue weighted by atomic mass is 79.9. The lowest BCUT2D eigenvalue weighted by molar-refractivity contribution is -0.154. The van der Waals surface area contributed by atoms with Crippen molar-refractivity contribution in [1.29, 1.82) is 0 Å². The molecule has 0 saturated heterocycles. The zero-order valence-electron chi connectivity index (χ0n) is 17.3. The van der Waals surface area contributed by atoms with Crippen LogP contribution in [-0.4, -0.2) is 13.1 Å². The van der Waals surface area contributed by atoms with E-state index < -0.39 is 34.7 Å². The first kappa shape index (κ1) is 23.4. The molecule has 0 fully saturated rings. The van der Waals surface area contributed by atoms with E-state index in [4.69, 9.17) is 18.6 Å². The zero-order valence-corrected chi connectivity index (χ0v) is 18.9. The fourth-order valence-corrected chi connectivity index (χ4v) is 3.44. The first-order chi connectivity index (χ1) is 16.2. The lowest BCUT2D eigenvalue weighted by Crippen LogP contribution is -2.15. The van der Waals surface area contributed by atoms with E-state index in [0.717, 1.165) is 6.07 Å². The highest BCUT2D eigenvalue weighted by Gasteiger charge is 2.40. The molecule has 10 heteroatoms. The second-order valence-electron chi connectivity index (χ2n) is 6.92. The number of alkyl halides is 3. The van der Waals surface area contributed by atoms with Crippen molar-refractivity contribution in [3.63, 3.8) is 0 Å². The van der Waals surface area contributed by atoms with Gasteiger partial charge in [0, 0.05) is 10.5 Å². The molecule has 0 bridgehead atoms. The van der Waals surface area contributed by atoms with Crippen LogP contribution in [0.4, 0.5) is 13.2 Å². The summed E-state index contributed by atoms with van der Waals surface area (Å²) >= 11 is 3.24. The molecule has 0 radical (unpaired) electrons. The highest BCUT2D eigenvalue weighted by molar-refractivity contribution is 9.10. The first-order valence-corrected chi connectivity index (χ1v) is 10.4. The molecular weight excluding hydrogens is 521 g/mol. The van der Waals surface area contributed by atoms with E-state index in [2.05, 4.69) is 15.9 Å². The van der Waals surface area contributed by atoms with Crippen LogP contribution in [-0.2, 0) is 6.18 Å². The van der Waals surface area contributed by atoms with Crippen molar-refractivity contribution in [2.45, 2.75) is 6.18 Å². The zero-order chi connectivity index (χ0) is 24.5. The highest BCUT2D eigenvalue weighted by Crippen LogP contribution is 2.39. The Morgan fingerprint density at radius 3 is 2.26 bits per heavy atom. The summed E-state index contributed by atoms with van der Waals surface area (Å²) in [5.41, 5.74) is -1.23. The predicted octanol–water partition coefficient (Wildman–Crippen LogP) is 6.59. The monoisotopic (exact) mass is 534 g/mol. The maximum atomic E-state index is 13.7. The number of halogens is 4. The summed E-state index contributed by atoms with van der Waals surface area (Å²) in [5.74, 6) is -3.02. The van der Waals surface area contributed by atoms with Crippen molar-refractivity contribution in [2.75, 3.05) is 7.11 Å². The second kappa shape index (κ2) is 9.22. The number of carbonyl (C=O) groups excluding carboxylic acids is 1. The Kier molecular flexibility index (Phi) is 6.34. The van der Waals surface area contributed by atoms with Crippen molar-refractivity contribution in [3.8, 4) is 23.0 Å². The van der Waals surface area contributed by atoms with Crippen LogP contribution in [0.5, 0.6) is 23.0 Å². The van der Waals surface area contributed by atoms with E-state index in [1.807, 2.05) is 0 Å². The summed E-state index contributed by atoms with van der Waals surface area (Å²) < 4.78 is 62.3. The number of esters is 1. The first-order valence-electron chi connectivity index (χ1n) is 9.63. The van der Waals surface area contributed by atoms with E-state index in [1.54, 1.807) is 12.1 Å². The number of benzene rings is 3. The average Bonchev–Trinajstić information content (AvgIpc) is 2.80. The normalized spacial score (nSPS) is 11.3. The average molecular weight is 535 g/mol. The van der Waals surface area contributed by atoms with Gasteiger partial charge in [-0.2, -0.15) is 13.2 Å². The molecule has 4 aromatic rings. The minimum Gasteiger partial charge on any atom is -0.497 e. The number of hydrogen-bond acceptors (Lipinski definition) is 6. The molecule has 3 aromatic carbocycles. The van der Waals surface area contributed by atoms with Crippen LogP contribution in [0.3, 0.4) is 0 Å². The van der Waals surface area contributed by atoms with E-state index >= 15 is 0 Å². The van der Waals surface area contributed by atoms with Gasteiger partial charge in [0.1, 0.15) is 22.8 Å². The summed E-state index contributed by atoms with van der Waals surface area (Å²) in [6.45, 7) is 0. The van der Waals surface area contributed by atoms with E-state index in [0.29, 0.717) is 10.2 Å². The van der Waals surface area contributed by atoms with Gasteiger partial charge in [-0.3, -0.25) is 4.79 Å². The molecule has 4 rings (SSSR count). The summed E-state index contributed by atoms with van der Waals surface area (Å²) in [6, 6.07) is 15.5. The quantitative estimate of drug-likeness (QED) is 0.212. The van der Waals surface area contributed by atoms with Crippen LogP contribution in [0.25, 0.3) is 11.0 Å². The minimum atomic E-state index is -5.03. The predicted molar refractivity (Wildman–Crippen MR) is 120 cm³/mol. The number of fused-ring (bicyclic) bond motifs is 1. The Bertz CT molecular complexity index is 1430. The van der Waals surface area contributed by atoms with Crippen molar-refractivity contribution >= 4 is 32.9 Å². The smallest absolute Gasteiger partial charge is 0.453 e. The summed E-state index contributed by atoms with van der Waals surface area (Å²) in [4.78, 5) is 25.2. The Morgan fingerprint density at radius 1 is 0.941 bits per heavy atom. The molecule has 1 aromatic heterocycles. The van der Waals surface area contributed by atoms with Crippen LogP contribution in [0.2, 0.25) is 0 Å². The minimum absolute atomic E-state index is 0.0162. The molecule has 174 valence electrons. The van der Waals surface area contributed by atoms with Gasteiger partial charge in [-0.1, -0.05) is 22.0 Å². The topological polar surface area (TPSA) is 75.0 Å². The van der Waals surface area contributed by atoms with Crippen molar-refractivity contribution in [2.24, 2.45) is 0 Å². The molecule has 0 spiro atoms. The van der Waals surface area contributed by atoms with Crippen LogP contribution in [0.1, 0.15) is 16.1 Å². The van der Waals surface area contributed by atoms with Gasteiger partial charge in [0.2, 0.25) is 11.2 Å². The van der Waals surface area contributed by atoms with Gasteiger partial charge in [0.15, 0.2) is 0 Å². The van der Waals surface area contributed by atoms with Gasteiger partial charge in [0.25, 0.3) is 5.76 Å². The maximum Gasteiger partial charge on any atom is 0.453 e. The molecule has 0 saturated carbocycles. The summed E-state index contributed by atoms with van der Waals surface area (Å²) in [7, 11) is 1.43. The Balaban J connectivity index is 1.73. The molecule has 34 heavy (non-hydrogen) atoms. The molecular formula is C24H14BrF3O6. The van der Waals surface area contributed by atoms with Crippen LogP contribution < -0.4 is 19.6 Å². The lowest BCUT2D eigenvalue weighted by Gasteiger charge is -2.14. The fraction of sp³-hybridized carbons (Fsp3) is 0.0833. The van der Waals surface area contributed by atoms with Crippen LogP contribution in [0, 0.1) is 0 Å². The molecule has 0 aliphatic heterocycles. The molecule has 0 amide bonds. The van der Waals surface area contributed by atoms with E-state index in [-0.39, 0.29) is 22.4 Å². The van der Waals surface area contributed by atoms with E-state index in [1.165, 1.54) is 55.6 Å². The number of carbonyl (C=O) groups is 1. The van der Waals surface area contributed by atoms with Gasteiger partial charge in [0.05, 0.1) is 18.1 Å². The maximum absolute atomic E-state index is 13.7. The van der Waals surface area contributed by atoms with E-state index in [9.17, 15) is 22.8 Å². The third-order valence-corrected chi connectivity index (χ3v) is 5.12. The van der Waals surface area contributed by atoms with Crippen molar-refractivity contribution in [3.05, 3.63) is 92.7 Å². The molecule has 0 aliphatic carbocycles. The lowest BCUT2D eigenvalue weighted by atomic mass is 10.2. The fourth-order valence-electron chi connectivity index (χ4n) is 3.04. The Labute approximate surface area is 198 Å².